The first kappa shape index (κ1) is 26.5. The molecule has 0 aliphatic carbocycles. The number of thioether (sulfide) groups is 1. The van der Waals surface area contributed by atoms with Gasteiger partial charge in [0.25, 0.3) is 11.1 Å². The van der Waals surface area contributed by atoms with Gasteiger partial charge in [-0.2, -0.15) is 0 Å². The maximum atomic E-state index is 13.0. The molecule has 3 aromatic rings. The summed E-state index contributed by atoms with van der Waals surface area (Å²) in [7, 11) is 0. The minimum atomic E-state index is -0.987. The number of hydrogen-bond donors (Lipinski definition) is 1. The van der Waals surface area contributed by atoms with Gasteiger partial charge in [-0.05, 0) is 72.6 Å². The molecule has 4 rings (SSSR count). The van der Waals surface area contributed by atoms with Gasteiger partial charge < -0.3 is 14.6 Å². The van der Waals surface area contributed by atoms with E-state index in [4.69, 9.17) is 14.6 Å². The molecule has 1 aliphatic rings. The lowest BCUT2D eigenvalue weighted by Gasteiger charge is -2.14. The molecule has 0 spiro atoms. The maximum absolute atomic E-state index is 13.0. The van der Waals surface area contributed by atoms with Crippen molar-refractivity contribution in [3.63, 3.8) is 0 Å². The molecule has 3 aromatic carbocycles. The molecule has 0 aromatic heterocycles. The molecule has 0 saturated carbocycles. The number of benzene rings is 3. The molecule has 7 nitrogen and oxygen atoms in total. The number of nitrogens with zero attached hydrogens (tertiary/aromatic N) is 1. The number of halogens is 1. The topological polar surface area (TPSA) is 93.1 Å². The zero-order valence-electron chi connectivity index (χ0n) is 20.2. The number of carboxylic acids is 1. The van der Waals surface area contributed by atoms with Crippen molar-refractivity contribution in [1.29, 1.82) is 0 Å². The average molecular weight is 582 g/mol. The number of hydrogen-bond acceptors (Lipinski definition) is 6. The lowest BCUT2D eigenvalue weighted by molar-refractivity contribution is -0.123. The SMILES string of the molecule is CCOc1cc(/C=C2\SC(=O)N(Cc3ccc(C)cc3)C2=O)c(Br)cc1OCc1ccc(C(=O)O)cc1. The number of carboxylic acid groups (broad SMARTS) is 1. The summed E-state index contributed by atoms with van der Waals surface area (Å²) in [5, 5.41) is 8.74. The zero-order chi connectivity index (χ0) is 26.5. The number of imide groups is 1. The van der Waals surface area contributed by atoms with E-state index in [0.717, 1.165) is 28.5 Å². The Bertz CT molecular complexity index is 1370. The molecule has 0 unspecified atom stereocenters. The van der Waals surface area contributed by atoms with Crippen molar-refractivity contribution in [2.75, 3.05) is 6.61 Å². The molecule has 1 heterocycles. The van der Waals surface area contributed by atoms with Crippen LogP contribution in [0.1, 0.15) is 39.5 Å². The van der Waals surface area contributed by atoms with E-state index in [0.29, 0.717) is 33.0 Å². The third-order valence-corrected chi connectivity index (χ3v) is 7.17. The minimum absolute atomic E-state index is 0.203. The monoisotopic (exact) mass is 581 g/mol. The largest absolute Gasteiger partial charge is 0.490 e. The number of carbonyl (C=O) groups excluding carboxylic acids is 2. The molecule has 37 heavy (non-hydrogen) atoms. The van der Waals surface area contributed by atoms with Crippen LogP contribution in [-0.4, -0.2) is 33.7 Å². The molecule has 190 valence electrons. The van der Waals surface area contributed by atoms with Crippen LogP contribution in [0.15, 0.2) is 70.0 Å². The van der Waals surface area contributed by atoms with Gasteiger partial charge in [0, 0.05) is 4.47 Å². The van der Waals surface area contributed by atoms with Crippen LogP contribution in [0.3, 0.4) is 0 Å². The van der Waals surface area contributed by atoms with Crippen LogP contribution >= 0.6 is 27.7 Å². The molecule has 1 N–H and O–H groups in total. The predicted molar refractivity (Wildman–Crippen MR) is 146 cm³/mol. The van der Waals surface area contributed by atoms with E-state index in [-0.39, 0.29) is 29.9 Å². The van der Waals surface area contributed by atoms with Crippen molar-refractivity contribution < 1.29 is 29.0 Å². The van der Waals surface area contributed by atoms with E-state index in [2.05, 4.69) is 15.9 Å². The summed E-state index contributed by atoms with van der Waals surface area (Å²) in [4.78, 5) is 38.2. The van der Waals surface area contributed by atoms with Crippen LogP contribution in [0, 0.1) is 6.92 Å². The molecule has 1 aliphatic heterocycles. The third-order valence-electron chi connectivity index (χ3n) is 5.58. The van der Waals surface area contributed by atoms with Crippen molar-refractivity contribution in [1.82, 2.24) is 4.90 Å². The van der Waals surface area contributed by atoms with Gasteiger partial charge in [-0.15, -0.1) is 0 Å². The van der Waals surface area contributed by atoms with Crippen LogP contribution in [0.2, 0.25) is 0 Å². The maximum Gasteiger partial charge on any atom is 0.335 e. The Labute approximate surface area is 227 Å². The van der Waals surface area contributed by atoms with E-state index < -0.39 is 5.97 Å². The fourth-order valence-corrected chi connectivity index (χ4v) is 4.87. The van der Waals surface area contributed by atoms with Gasteiger partial charge in [0.1, 0.15) is 6.61 Å². The van der Waals surface area contributed by atoms with E-state index in [1.807, 2.05) is 38.1 Å². The van der Waals surface area contributed by atoms with Gasteiger partial charge in [-0.25, -0.2) is 4.79 Å². The van der Waals surface area contributed by atoms with Crippen LogP contribution < -0.4 is 9.47 Å². The van der Waals surface area contributed by atoms with Gasteiger partial charge in [-0.3, -0.25) is 14.5 Å². The molecule has 1 saturated heterocycles. The van der Waals surface area contributed by atoms with Crippen LogP contribution in [-0.2, 0) is 17.9 Å². The highest BCUT2D eigenvalue weighted by Crippen LogP contribution is 2.39. The van der Waals surface area contributed by atoms with E-state index in [9.17, 15) is 14.4 Å². The number of aromatic carboxylic acids is 1. The molecule has 2 amide bonds. The first-order valence-corrected chi connectivity index (χ1v) is 13.1. The summed E-state index contributed by atoms with van der Waals surface area (Å²) in [5.74, 6) is -0.358. The lowest BCUT2D eigenvalue weighted by Crippen LogP contribution is -2.27. The van der Waals surface area contributed by atoms with Gasteiger partial charge in [0.2, 0.25) is 0 Å². The number of aryl methyl sites for hydroxylation is 1. The second kappa shape index (κ2) is 11.7. The van der Waals surface area contributed by atoms with Crippen molar-refractivity contribution in [3.8, 4) is 11.5 Å². The Morgan fingerprint density at radius 2 is 1.65 bits per heavy atom. The molecular weight excluding hydrogens is 558 g/mol. The number of ether oxygens (including phenoxy) is 2. The Balaban J connectivity index is 1.53. The lowest BCUT2D eigenvalue weighted by atomic mass is 10.1. The van der Waals surface area contributed by atoms with Crippen molar-refractivity contribution in [2.24, 2.45) is 0 Å². The summed E-state index contributed by atoms with van der Waals surface area (Å²) in [5.41, 5.74) is 3.66. The number of rotatable bonds is 9. The minimum Gasteiger partial charge on any atom is -0.490 e. The Hall–Kier alpha value is -3.56. The molecule has 9 heteroatoms. The molecule has 1 fully saturated rings. The second-order valence-electron chi connectivity index (χ2n) is 8.30. The number of carbonyl (C=O) groups is 3. The first-order valence-electron chi connectivity index (χ1n) is 11.5. The fraction of sp³-hybridized carbons (Fsp3) is 0.179. The van der Waals surface area contributed by atoms with Crippen LogP contribution in [0.25, 0.3) is 6.08 Å². The molecule has 0 bridgehead atoms. The zero-order valence-corrected chi connectivity index (χ0v) is 22.6. The Morgan fingerprint density at radius 3 is 2.30 bits per heavy atom. The van der Waals surface area contributed by atoms with Gasteiger partial charge >= 0.3 is 5.97 Å². The first-order chi connectivity index (χ1) is 17.7. The van der Waals surface area contributed by atoms with Crippen LogP contribution in [0.4, 0.5) is 4.79 Å². The smallest absolute Gasteiger partial charge is 0.335 e. The van der Waals surface area contributed by atoms with Gasteiger partial charge in [0.05, 0.1) is 23.6 Å². The van der Waals surface area contributed by atoms with E-state index in [1.165, 1.54) is 17.0 Å². The van der Waals surface area contributed by atoms with Gasteiger partial charge in [0.15, 0.2) is 11.5 Å². The summed E-state index contributed by atoms with van der Waals surface area (Å²) < 4.78 is 12.4. The Kier molecular flexibility index (Phi) is 8.35. The summed E-state index contributed by atoms with van der Waals surface area (Å²) >= 11 is 4.44. The highest BCUT2D eigenvalue weighted by molar-refractivity contribution is 9.10. The van der Waals surface area contributed by atoms with E-state index in [1.54, 1.807) is 30.3 Å². The highest BCUT2D eigenvalue weighted by atomic mass is 79.9. The summed E-state index contributed by atoms with van der Waals surface area (Å²) in [6.45, 7) is 4.66. The van der Waals surface area contributed by atoms with E-state index >= 15 is 0 Å². The second-order valence-corrected chi connectivity index (χ2v) is 10.1. The van der Waals surface area contributed by atoms with Crippen molar-refractivity contribution in [2.45, 2.75) is 27.0 Å². The standard InChI is InChI=1S/C28H24BrNO6S/c1-3-35-23-12-21(22(29)14-24(23)36-16-19-8-10-20(11-9-19)27(32)33)13-25-26(31)30(28(34)37-25)15-18-6-4-17(2)5-7-18/h4-14H,3,15-16H2,1-2H3,(H,32,33)/b25-13-. The predicted octanol–water partition coefficient (Wildman–Crippen LogP) is 6.67. The molecule has 0 atom stereocenters. The Morgan fingerprint density at radius 1 is 1.00 bits per heavy atom. The summed E-state index contributed by atoms with van der Waals surface area (Å²) in [6, 6.07) is 17.7. The quantitative estimate of drug-likeness (QED) is 0.282. The normalized spacial score (nSPS) is 14.4. The number of amides is 2. The van der Waals surface area contributed by atoms with Crippen molar-refractivity contribution in [3.05, 3.63) is 97.9 Å². The van der Waals surface area contributed by atoms with Crippen LogP contribution in [0.5, 0.6) is 11.5 Å². The highest BCUT2D eigenvalue weighted by Gasteiger charge is 2.35. The fourth-order valence-electron chi connectivity index (χ4n) is 3.60. The molecular formula is C28H24BrNO6S. The summed E-state index contributed by atoms with van der Waals surface area (Å²) in [6.07, 6.45) is 1.67. The van der Waals surface area contributed by atoms with Crippen molar-refractivity contribution >= 4 is 50.9 Å². The average Bonchev–Trinajstić information content (AvgIpc) is 3.14. The molecule has 0 radical (unpaired) electrons. The third kappa shape index (κ3) is 6.42. The van der Waals surface area contributed by atoms with Gasteiger partial charge in [-0.1, -0.05) is 57.9 Å².